The zero-order valence-corrected chi connectivity index (χ0v) is 10.4. The van der Waals surface area contributed by atoms with Crippen LogP contribution in [-0.4, -0.2) is 22.2 Å². The van der Waals surface area contributed by atoms with E-state index in [0.29, 0.717) is 10.6 Å². The Morgan fingerprint density at radius 2 is 2.28 bits per heavy atom. The number of nitrogens with one attached hydrogen (secondary N) is 1. The Morgan fingerprint density at radius 1 is 1.56 bits per heavy atom. The van der Waals surface area contributed by atoms with E-state index in [4.69, 9.17) is 11.6 Å². The molecule has 0 aliphatic rings. The van der Waals surface area contributed by atoms with E-state index in [1.54, 1.807) is 24.4 Å². The standard InChI is InChI=1S/C12H11ClN2O3/c1-7(16)11(6-15(17)18)10-5-14-12-3-2-8(13)4-9(10)12/h2-5,11,14H,6H2,1H3. The van der Waals surface area contributed by atoms with Gasteiger partial charge >= 0.3 is 0 Å². The smallest absolute Gasteiger partial charge is 0.217 e. The van der Waals surface area contributed by atoms with E-state index >= 15 is 0 Å². The van der Waals surface area contributed by atoms with E-state index in [1.165, 1.54) is 6.92 Å². The Hall–Kier alpha value is -1.88. The number of fused-ring (bicyclic) bond motifs is 1. The normalized spacial score (nSPS) is 12.6. The SMILES string of the molecule is CC(=O)C(C[N+](=O)[O-])c1c[nH]c2ccc(Cl)cc12. The molecular formula is C12H11ClN2O3. The molecule has 5 nitrogen and oxygen atoms in total. The molecule has 0 radical (unpaired) electrons. The number of aromatic amines is 1. The van der Waals surface area contributed by atoms with Gasteiger partial charge in [0.1, 0.15) is 11.7 Å². The molecule has 0 saturated heterocycles. The van der Waals surface area contributed by atoms with Crippen LogP contribution in [-0.2, 0) is 4.79 Å². The number of carbonyl (C=O) groups is 1. The number of carbonyl (C=O) groups excluding carboxylic acids is 1. The number of nitrogens with zero attached hydrogens (tertiary/aromatic N) is 1. The fourth-order valence-corrected chi connectivity index (χ4v) is 2.17. The summed E-state index contributed by atoms with van der Waals surface area (Å²) in [5, 5.41) is 11.9. The highest BCUT2D eigenvalue weighted by atomic mass is 35.5. The summed E-state index contributed by atoms with van der Waals surface area (Å²) in [6, 6.07) is 5.21. The van der Waals surface area contributed by atoms with Gasteiger partial charge in [-0.25, -0.2) is 0 Å². The minimum absolute atomic E-state index is 0.229. The van der Waals surface area contributed by atoms with Crippen molar-refractivity contribution in [2.45, 2.75) is 12.8 Å². The number of halogens is 1. The monoisotopic (exact) mass is 266 g/mol. The van der Waals surface area contributed by atoms with Gasteiger partial charge in [-0.1, -0.05) is 11.6 Å². The van der Waals surface area contributed by atoms with E-state index in [0.717, 1.165) is 10.9 Å². The van der Waals surface area contributed by atoms with Gasteiger partial charge in [0.05, 0.1) is 0 Å². The molecule has 1 atom stereocenters. The van der Waals surface area contributed by atoms with Crippen molar-refractivity contribution in [3.05, 3.63) is 45.1 Å². The molecule has 2 rings (SSSR count). The van der Waals surface area contributed by atoms with Crippen LogP contribution in [0.3, 0.4) is 0 Å². The van der Waals surface area contributed by atoms with Gasteiger partial charge in [0.2, 0.25) is 6.54 Å². The third kappa shape index (κ3) is 2.36. The Bertz CT molecular complexity index is 621. The predicted octanol–water partition coefficient (Wildman–Crippen LogP) is 2.77. The fraction of sp³-hybridized carbons (Fsp3) is 0.250. The highest BCUT2D eigenvalue weighted by Crippen LogP contribution is 2.28. The topological polar surface area (TPSA) is 76.0 Å². The highest BCUT2D eigenvalue weighted by molar-refractivity contribution is 6.31. The van der Waals surface area contributed by atoms with Crippen molar-refractivity contribution in [2.75, 3.05) is 6.54 Å². The average molecular weight is 267 g/mol. The minimum atomic E-state index is -0.743. The molecule has 0 saturated carbocycles. The fourth-order valence-electron chi connectivity index (χ4n) is 2.00. The molecule has 0 amide bonds. The summed E-state index contributed by atoms with van der Waals surface area (Å²) in [7, 11) is 0. The number of rotatable bonds is 4. The summed E-state index contributed by atoms with van der Waals surface area (Å²) >= 11 is 5.90. The number of hydrogen-bond acceptors (Lipinski definition) is 3. The first-order chi connectivity index (χ1) is 8.49. The van der Waals surface area contributed by atoms with Crippen LogP contribution in [0.5, 0.6) is 0 Å². The quantitative estimate of drug-likeness (QED) is 0.683. The Balaban J connectivity index is 2.53. The molecule has 1 unspecified atom stereocenters. The lowest BCUT2D eigenvalue weighted by molar-refractivity contribution is -0.481. The van der Waals surface area contributed by atoms with Crippen LogP contribution >= 0.6 is 11.6 Å². The van der Waals surface area contributed by atoms with Crippen molar-refractivity contribution in [2.24, 2.45) is 0 Å². The maximum absolute atomic E-state index is 11.6. The van der Waals surface area contributed by atoms with Crippen LogP contribution in [0, 0.1) is 10.1 Å². The third-order valence-electron chi connectivity index (χ3n) is 2.87. The molecule has 94 valence electrons. The molecule has 1 N–H and O–H groups in total. The average Bonchev–Trinajstić information content (AvgIpc) is 2.68. The van der Waals surface area contributed by atoms with Crippen LogP contribution in [0.4, 0.5) is 0 Å². The van der Waals surface area contributed by atoms with E-state index < -0.39 is 17.4 Å². The number of H-pyrrole nitrogens is 1. The van der Waals surface area contributed by atoms with E-state index in [9.17, 15) is 14.9 Å². The number of benzene rings is 1. The lowest BCUT2D eigenvalue weighted by Crippen LogP contribution is -2.18. The largest absolute Gasteiger partial charge is 0.361 e. The molecular weight excluding hydrogens is 256 g/mol. The summed E-state index contributed by atoms with van der Waals surface area (Å²) < 4.78 is 0. The third-order valence-corrected chi connectivity index (χ3v) is 3.11. The molecule has 1 heterocycles. The molecule has 2 aromatic rings. The number of hydrogen-bond donors (Lipinski definition) is 1. The molecule has 6 heteroatoms. The van der Waals surface area contributed by atoms with Crippen molar-refractivity contribution in [1.82, 2.24) is 4.98 Å². The highest BCUT2D eigenvalue weighted by Gasteiger charge is 2.25. The second-order valence-corrected chi connectivity index (χ2v) is 4.55. The van der Waals surface area contributed by atoms with Crippen molar-refractivity contribution in [3.63, 3.8) is 0 Å². The maximum Gasteiger partial charge on any atom is 0.217 e. The molecule has 0 spiro atoms. The van der Waals surface area contributed by atoms with Gasteiger partial charge < -0.3 is 4.98 Å². The number of nitro groups is 1. The van der Waals surface area contributed by atoms with Crippen molar-refractivity contribution < 1.29 is 9.72 Å². The predicted molar refractivity (Wildman–Crippen MR) is 68.6 cm³/mol. The first-order valence-corrected chi connectivity index (χ1v) is 5.75. The van der Waals surface area contributed by atoms with Gasteiger partial charge in [-0.2, -0.15) is 0 Å². The Morgan fingerprint density at radius 3 is 2.89 bits per heavy atom. The Kier molecular flexibility index (Phi) is 3.34. The van der Waals surface area contributed by atoms with Crippen LogP contribution in [0.1, 0.15) is 18.4 Å². The Labute approximate surface area is 108 Å². The zero-order chi connectivity index (χ0) is 13.3. The van der Waals surface area contributed by atoms with Gasteiger partial charge in [0.15, 0.2) is 0 Å². The second-order valence-electron chi connectivity index (χ2n) is 4.11. The van der Waals surface area contributed by atoms with E-state index in [1.807, 2.05) is 0 Å². The molecule has 1 aromatic heterocycles. The second kappa shape index (κ2) is 4.78. The summed E-state index contributed by atoms with van der Waals surface area (Å²) in [4.78, 5) is 24.7. The van der Waals surface area contributed by atoms with Crippen LogP contribution in [0.2, 0.25) is 5.02 Å². The van der Waals surface area contributed by atoms with Crippen molar-refractivity contribution in [3.8, 4) is 0 Å². The van der Waals surface area contributed by atoms with Crippen LogP contribution < -0.4 is 0 Å². The number of ketones is 1. The van der Waals surface area contributed by atoms with E-state index in [2.05, 4.69) is 4.98 Å². The van der Waals surface area contributed by atoms with Crippen LogP contribution in [0.25, 0.3) is 10.9 Å². The van der Waals surface area contributed by atoms with Gasteiger partial charge in [-0.15, -0.1) is 0 Å². The molecule has 0 bridgehead atoms. The van der Waals surface area contributed by atoms with Gasteiger partial charge in [-0.3, -0.25) is 14.9 Å². The summed E-state index contributed by atoms with van der Waals surface area (Å²) in [6.07, 6.45) is 1.64. The van der Waals surface area contributed by atoms with Crippen molar-refractivity contribution >= 4 is 28.3 Å². The van der Waals surface area contributed by atoms with Crippen molar-refractivity contribution in [1.29, 1.82) is 0 Å². The van der Waals surface area contributed by atoms with Gasteiger partial charge in [0.25, 0.3) is 0 Å². The zero-order valence-electron chi connectivity index (χ0n) is 9.64. The van der Waals surface area contributed by atoms with E-state index in [-0.39, 0.29) is 5.78 Å². The first-order valence-electron chi connectivity index (χ1n) is 5.38. The molecule has 1 aromatic carbocycles. The summed E-state index contributed by atoms with van der Waals surface area (Å²) in [5.74, 6) is -0.972. The lowest BCUT2D eigenvalue weighted by atomic mass is 9.95. The number of aromatic nitrogens is 1. The number of Topliss-reactive ketones (excluding diaryl/α,β-unsaturated/α-hetero) is 1. The lowest BCUT2D eigenvalue weighted by Gasteiger charge is -2.08. The van der Waals surface area contributed by atoms with Crippen LogP contribution in [0.15, 0.2) is 24.4 Å². The summed E-state index contributed by atoms with van der Waals surface area (Å²) in [6.45, 7) is 0.951. The van der Waals surface area contributed by atoms with Gasteiger partial charge in [-0.05, 0) is 30.7 Å². The maximum atomic E-state index is 11.6. The molecule has 0 aliphatic carbocycles. The molecule has 18 heavy (non-hydrogen) atoms. The van der Waals surface area contributed by atoms with Gasteiger partial charge in [0, 0.05) is 27.0 Å². The minimum Gasteiger partial charge on any atom is -0.361 e. The molecule has 0 aliphatic heterocycles. The first kappa shape index (κ1) is 12.6. The summed E-state index contributed by atoms with van der Waals surface area (Å²) in [5.41, 5.74) is 1.43. The molecule has 0 fully saturated rings.